The van der Waals surface area contributed by atoms with E-state index in [0.29, 0.717) is 12.2 Å². The Balaban J connectivity index is 2.13. The number of hydrogen-bond acceptors (Lipinski definition) is 2. The maximum Gasteiger partial charge on any atom is 0.147 e. The van der Waals surface area contributed by atoms with Crippen LogP contribution in [0.25, 0.3) is 0 Å². The molecule has 0 bridgehead atoms. The number of aromatic amines is 1. The first kappa shape index (κ1) is 12.1. The van der Waals surface area contributed by atoms with Gasteiger partial charge in [-0.05, 0) is 32.0 Å². The molecule has 0 aliphatic rings. The fourth-order valence-corrected chi connectivity index (χ4v) is 1.98. The lowest BCUT2D eigenvalue weighted by atomic mass is 10.2. The number of nitrogens with one attached hydrogen (secondary N) is 2. The Morgan fingerprint density at radius 3 is 2.76 bits per heavy atom. The second-order valence-electron chi connectivity index (χ2n) is 3.89. The molecule has 1 aromatic carbocycles. The summed E-state index contributed by atoms with van der Waals surface area (Å²) in [7, 11) is 0. The van der Waals surface area contributed by atoms with Crippen LogP contribution in [0.1, 0.15) is 17.0 Å². The first-order valence-electron chi connectivity index (χ1n) is 5.27. The molecule has 17 heavy (non-hydrogen) atoms. The molecular formula is C12H13BrFN3. The number of aromatic nitrogens is 2. The molecule has 0 atom stereocenters. The third kappa shape index (κ3) is 2.66. The van der Waals surface area contributed by atoms with E-state index in [1.807, 2.05) is 13.8 Å². The normalized spacial score (nSPS) is 10.6. The van der Waals surface area contributed by atoms with Crippen molar-refractivity contribution >= 4 is 21.6 Å². The van der Waals surface area contributed by atoms with Gasteiger partial charge in [-0.1, -0.05) is 15.9 Å². The minimum absolute atomic E-state index is 0.266. The van der Waals surface area contributed by atoms with E-state index in [1.165, 1.54) is 6.07 Å². The van der Waals surface area contributed by atoms with E-state index in [-0.39, 0.29) is 5.82 Å². The van der Waals surface area contributed by atoms with Gasteiger partial charge in [-0.3, -0.25) is 5.10 Å². The van der Waals surface area contributed by atoms with E-state index in [0.717, 1.165) is 21.4 Å². The summed E-state index contributed by atoms with van der Waals surface area (Å²) in [6, 6.07) is 4.96. The van der Waals surface area contributed by atoms with Gasteiger partial charge >= 0.3 is 0 Å². The minimum Gasteiger partial charge on any atom is -0.378 e. The Kier molecular flexibility index (Phi) is 3.47. The number of rotatable bonds is 3. The smallest absolute Gasteiger partial charge is 0.147 e. The summed E-state index contributed by atoms with van der Waals surface area (Å²) in [4.78, 5) is 0. The summed E-state index contributed by atoms with van der Waals surface area (Å²) in [5.41, 5.74) is 3.51. The highest BCUT2D eigenvalue weighted by atomic mass is 79.9. The molecule has 0 spiro atoms. The number of anilines is 1. The van der Waals surface area contributed by atoms with Gasteiger partial charge in [0.25, 0.3) is 0 Å². The molecule has 1 aromatic heterocycles. The van der Waals surface area contributed by atoms with Crippen molar-refractivity contribution in [3.63, 3.8) is 0 Å². The summed E-state index contributed by atoms with van der Waals surface area (Å²) in [5, 5.41) is 10.1. The third-order valence-corrected chi connectivity index (χ3v) is 3.16. The van der Waals surface area contributed by atoms with E-state index < -0.39 is 0 Å². The quantitative estimate of drug-likeness (QED) is 0.910. The standard InChI is InChI=1S/C12H13BrFN3/c1-7-10(8(2)17-16-7)6-15-12-4-3-9(13)5-11(12)14/h3-5,15H,6H2,1-2H3,(H,16,17). The molecule has 0 amide bonds. The molecule has 0 radical (unpaired) electrons. The highest BCUT2D eigenvalue weighted by Gasteiger charge is 2.07. The summed E-state index contributed by atoms with van der Waals surface area (Å²) in [6.07, 6.45) is 0. The van der Waals surface area contributed by atoms with Crippen LogP contribution < -0.4 is 5.32 Å². The number of halogens is 2. The van der Waals surface area contributed by atoms with E-state index in [9.17, 15) is 4.39 Å². The monoisotopic (exact) mass is 297 g/mol. The maximum absolute atomic E-state index is 13.6. The Hall–Kier alpha value is -1.36. The molecular weight excluding hydrogens is 285 g/mol. The van der Waals surface area contributed by atoms with Gasteiger partial charge < -0.3 is 5.32 Å². The van der Waals surface area contributed by atoms with Crippen molar-refractivity contribution in [2.24, 2.45) is 0 Å². The Bertz CT molecular complexity index is 517. The van der Waals surface area contributed by atoms with E-state index in [2.05, 4.69) is 31.4 Å². The minimum atomic E-state index is -0.266. The summed E-state index contributed by atoms with van der Waals surface area (Å²) in [6.45, 7) is 4.44. The Morgan fingerprint density at radius 2 is 2.18 bits per heavy atom. The number of hydrogen-bond donors (Lipinski definition) is 2. The van der Waals surface area contributed by atoms with Crippen LogP contribution in [0.5, 0.6) is 0 Å². The molecule has 5 heteroatoms. The largest absolute Gasteiger partial charge is 0.378 e. The second-order valence-corrected chi connectivity index (χ2v) is 4.81. The van der Waals surface area contributed by atoms with E-state index >= 15 is 0 Å². The lowest BCUT2D eigenvalue weighted by Crippen LogP contribution is -2.03. The van der Waals surface area contributed by atoms with Crippen LogP contribution in [0.4, 0.5) is 10.1 Å². The van der Waals surface area contributed by atoms with Gasteiger partial charge in [-0.2, -0.15) is 5.10 Å². The fraction of sp³-hybridized carbons (Fsp3) is 0.250. The van der Waals surface area contributed by atoms with Gasteiger partial charge in [0.15, 0.2) is 0 Å². The molecule has 0 saturated carbocycles. The zero-order valence-electron chi connectivity index (χ0n) is 9.64. The molecule has 0 fully saturated rings. The fourth-order valence-electron chi connectivity index (χ4n) is 1.65. The Labute approximate surface area is 108 Å². The topological polar surface area (TPSA) is 40.7 Å². The van der Waals surface area contributed by atoms with Crippen molar-refractivity contribution < 1.29 is 4.39 Å². The highest BCUT2D eigenvalue weighted by Crippen LogP contribution is 2.20. The highest BCUT2D eigenvalue weighted by molar-refractivity contribution is 9.10. The van der Waals surface area contributed by atoms with Crippen LogP contribution in [-0.2, 0) is 6.54 Å². The molecule has 3 nitrogen and oxygen atoms in total. The maximum atomic E-state index is 13.6. The zero-order chi connectivity index (χ0) is 12.4. The van der Waals surface area contributed by atoms with Gasteiger partial charge in [-0.25, -0.2) is 4.39 Å². The van der Waals surface area contributed by atoms with Crippen molar-refractivity contribution in [1.29, 1.82) is 0 Å². The summed E-state index contributed by atoms with van der Waals surface area (Å²) < 4.78 is 14.3. The van der Waals surface area contributed by atoms with Gasteiger partial charge in [-0.15, -0.1) is 0 Å². The van der Waals surface area contributed by atoms with Crippen LogP contribution in [0.3, 0.4) is 0 Å². The average Bonchev–Trinajstić information content (AvgIpc) is 2.58. The van der Waals surface area contributed by atoms with Crippen molar-refractivity contribution in [1.82, 2.24) is 10.2 Å². The molecule has 0 aliphatic heterocycles. The first-order valence-corrected chi connectivity index (χ1v) is 6.06. The molecule has 2 rings (SSSR count). The lowest BCUT2D eigenvalue weighted by Gasteiger charge is -2.08. The van der Waals surface area contributed by atoms with Crippen LogP contribution in [0.2, 0.25) is 0 Å². The van der Waals surface area contributed by atoms with Gasteiger partial charge in [0.1, 0.15) is 5.82 Å². The van der Waals surface area contributed by atoms with Crippen LogP contribution >= 0.6 is 15.9 Å². The SMILES string of the molecule is Cc1n[nH]c(C)c1CNc1ccc(Br)cc1F. The second kappa shape index (κ2) is 4.87. The number of benzene rings is 1. The first-order chi connectivity index (χ1) is 8.08. The van der Waals surface area contributed by atoms with Crippen LogP contribution in [0.15, 0.2) is 22.7 Å². The van der Waals surface area contributed by atoms with Crippen LogP contribution in [0, 0.1) is 19.7 Å². The predicted octanol–water partition coefficient (Wildman–Crippen LogP) is 3.54. The van der Waals surface area contributed by atoms with Crippen molar-refractivity contribution in [3.05, 3.63) is 45.4 Å². The van der Waals surface area contributed by atoms with E-state index in [4.69, 9.17) is 0 Å². The summed E-state index contributed by atoms with van der Waals surface area (Å²) in [5.74, 6) is -0.266. The van der Waals surface area contributed by atoms with Crippen LogP contribution in [-0.4, -0.2) is 10.2 Å². The van der Waals surface area contributed by atoms with Gasteiger partial charge in [0.05, 0.1) is 11.4 Å². The lowest BCUT2D eigenvalue weighted by molar-refractivity contribution is 0.629. The predicted molar refractivity (Wildman–Crippen MR) is 69.5 cm³/mol. The number of nitrogens with zero attached hydrogens (tertiary/aromatic N) is 1. The molecule has 0 aliphatic carbocycles. The molecule has 0 unspecified atom stereocenters. The molecule has 2 N–H and O–H groups in total. The van der Waals surface area contributed by atoms with Gasteiger partial charge in [0, 0.05) is 22.3 Å². The van der Waals surface area contributed by atoms with Crippen molar-refractivity contribution in [2.45, 2.75) is 20.4 Å². The third-order valence-electron chi connectivity index (χ3n) is 2.67. The average molecular weight is 298 g/mol. The van der Waals surface area contributed by atoms with E-state index in [1.54, 1.807) is 12.1 Å². The number of H-pyrrole nitrogens is 1. The van der Waals surface area contributed by atoms with Crippen molar-refractivity contribution in [2.75, 3.05) is 5.32 Å². The zero-order valence-corrected chi connectivity index (χ0v) is 11.2. The van der Waals surface area contributed by atoms with Gasteiger partial charge in [0.2, 0.25) is 0 Å². The number of aryl methyl sites for hydroxylation is 2. The summed E-state index contributed by atoms with van der Waals surface area (Å²) >= 11 is 3.23. The molecule has 2 aromatic rings. The molecule has 1 heterocycles. The Morgan fingerprint density at radius 1 is 1.41 bits per heavy atom. The van der Waals surface area contributed by atoms with Crippen molar-refractivity contribution in [3.8, 4) is 0 Å². The molecule has 0 saturated heterocycles. The molecule has 90 valence electrons.